The summed E-state index contributed by atoms with van der Waals surface area (Å²) in [5.41, 5.74) is 1.68. The van der Waals surface area contributed by atoms with Crippen LogP contribution in [-0.2, 0) is 16.1 Å². The van der Waals surface area contributed by atoms with Crippen LogP contribution in [0.1, 0.15) is 12.5 Å². The first kappa shape index (κ1) is 18.3. The predicted octanol–water partition coefficient (Wildman–Crippen LogP) is 3.25. The van der Waals surface area contributed by atoms with Gasteiger partial charge in [-0.05, 0) is 42.0 Å². The molecule has 2 rings (SSSR count). The summed E-state index contributed by atoms with van der Waals surface area (Å²) >= 11 is 5.81. The van der Waals surface area contributed by atoms with Gasteiger partial charge in [0.25, 0.3) is 0 Å². The van der Waals surface area contributed by atoms with Crippen LogP contribution in [0.4, 0.5) is 5.69 Å². The molecule has 128 valence electrons. The number of hydrogen-bond donors (Lipinski definition) is 2. The van der Waals surface area contributed by atoms with E-state index in [0.717, 1.165) is 5.56 Å². The minimum absolute atomic E-state index is 0.125. The third-order valence-electron chi connectivity index (χ3n) is 3.11. The highest BCUT2D eigenvalue weighted by atomic mass is 35.5. The molecule has 5 nitrogen and oxygen atoms in total. The molecule has 2 N–H and O–H groups in total. The van der Waals surface area contributed by atoms with Gasteiger partial charge in [-0.3, -0.25) is 4.79 Å². The van der Waals surface area contributed by atoms with Crippen LogP contribution in [-0.4, -0.2) is 30.3 Å². The molecule has 0 radical (unpaired) electrons. The van der Waals surface area contributed by atoms with E-state index in [9.17, 15) is 9.90 Å². The fraction of sp³-hybridized carbons (Fsp3) is 0.278. The highest BCUT2D eigenvalue weighted by molar-refractivity contribution is 6.30. The van der Waals surface area contributed by atoms with Crippen LogP contribution in [0.25, 0.3) is 0 Å². The van der Waals surface area contributed by atoms with Crippen molar-refractivity contribution in [2.75, 3.05) is 18.5 Å². The molecule has 6 heteroatoms. The first-order valence-electron chi connectivity index (χ1n) is 7.53. The number of aliphatic hydroxyl groups is 1. The van der Waals surface area contributed by atoms with E-state index < -0.39 is 6.10 Å². The molecule has 0 aromatic heterocycles. The normalized spacial score (nSPS) is 11.8. The van der Waals surface area contributed by atoms with Crippen LogP contribution in [0, 0.1) is 0 Å². The zero-order valence-corrected chi connectivity index (χ0v) is 14.1. The molecule has 0 saturated carbocycles. The lowest BCUT2D eigenvalue weighted by atomic mass is 10.2. The van der Waals surface area contributed by atoms with Crippen molar-refractivity contribution < 1.29 is 19.4 Å². The fourth-order valence-corrected chi connectivity index (χ4v) is 2.10. The average molecular weight is 350 g/mol. The van der Waals surface area contributed by atoms with E-state index in [1.54, 1.807) is 36.4 Å². The molecule has 0 aliphatic carbocycles. The van der Waals surface area contributed by atoms with Crippen molar-refractivity contribution in [3.05, 3.63) is 59.1 Å². The standard InChI is InChI=1S/C18H20ClNO4/c1-13(21)20-16-6-8-18(9-7-16)24-12-17(22)11-23-10-14-2-4-15(19)5-3-14/h2-9,17,22H,10-12H2,1H3,(H,20,21)/t17-/m1/s1. The zero-order chi connectivity index (χ0) is 17.4. The Bertz CT molecular complexity index is 643. The summed E-state index contributed by atoms with van der Waals surface area (Å²) in [6.07, 6.45) is -0.729. The number of anilines is 1. The molecule has 1 amide bonds. The summed E-state index contributed by atoms with van der Waals surface area (Å²) in [7, 11) is 0. The molecule has 0 aliphatic rings. The zero-order valence-electron chi connectivity index (χ0n) is 13.4. The Morgan fingerprint density at radius 2 is 1.79 bits per heavy atom. The molecule has 0 saturated heterocycles. The van der Waals surface area contributed by atoms with E-state index in [1.807, 2.05) is 12.1 Å². The van der Waals surface area contributed by atoms with Gasteiger partial charge in [-0.2, -0.15) is 0 Å². The second kappa shape index (κ2) is 9.27. The van der Waals surface area contributed by atoms with Crippen molar-refractivity contribution in [3.8, 4) is 5.75 Å². The molecular formula is C18H20ClNO4. The maximum atomic E-state index is 10.9. The minimum Gasteiger partial charge on any atom is -0.491 e. The summed E-state index contributed by atoms with van der Waals surface area (Å²) < 4.78 is 10.9. The molecule has 2 aromatic rings. The highest BCUT2D eigenvalue weighted by Gasteiger charge is 2.06. The number of halogens is 1. The minimum atomic E-state index is -0.729. The highest BCUT2D eigenvalue weighted by Crippen LogP contribution is 2.16. The molecule has 2 aromatic carbocycles. The van der Waals surface area contributed by atoms with Crippen LogP contribution in [0.5, 0.6) is 5.75 Å². The van der Waals surface area contributed by atoms with Gasteiger partial charge >= 0.3 is 0 Å². The third kappa shape index (κ3) is 6.58. The number of carbonyl (C=O) groups excluding carboxylic acids is 1. The Kier molecular flexibility index (Phi) is 7.06. The number of aliphatic hydroxyl groups excluding tert-OH is 1. The Morgan fingerprint density at radius 1 is 1.12 bits per heavy atom. The van der Waals surface area contributed by atoms with E-state index in [-0.39, 0.29) is 19.1 Å². The number of ether oxygens (including phenoxy) is 2. The van der Waals surface area contributed by atoms with Crippen molar-refractivity contribution in [2.24, 2.45) is 0 Å². The van der Waals surface area contributed by atoms with Gasteiger partial charge in [0.15, 0.2) is 0 Å². The summed E-state index contributed by atoms with van der Waals surface area (Å²) in [4.78, 5) is 10.9. The Hall–Kier alpha value is -2.08. The summed E-state index contributed by atoms with van der Waals surface area (Å²) in [5.74, 6) is 0.484. The lowest BCUT2D eigenvalue weighted by Gasteiger charge is -2.13. The molecule has 0 unspecified atom stereocenters. The topological polar surface area (TPSA) is 67.8 Å². The van der Waals surface area contributed by atoms with Gasteiger partial charge < -0.3 is 19.9 Å². The number of nitrogens with one attached hydrogen (secondary N) is 1. The van der Waals surface area contributed by atoms with Gasteiger partial charge in [0.2, 0.25) is 5.91 Å². The molecule has 0 heterocycles. The maximum Gasteiger partial charge on any atom is 0.221 e. The molecule has 1 atom stereocenters. The van der Waals surface area contributed by atoms with Gasteiger partial charge in [-0.1, -0.05) is 23.7 Å². The quantitative estimate of drug-likeness (QED) is 0.767. The monoisotopic (exact) mass is 349 g/mol. The van der Waals surface area contributed by atoms with Crippen molar-refractivity contribution in [2.45, 2.75) is 19.6 Å². The van der Waals surface area contributed by atoms with Crippen LogP contribution in [0.3, 0.4) is 0 Å². The van der Waals surface area contributed by atoms with Crippen LogP contribution in [0.15, 0.2) is 48.5 Å². The lowest BCUT2D eigenvalue weighted by Crippen LogP contribution is -2.23. The Balaban J connectivity index is 1.68. The van der Waals surface area contributed by atoms with E-state index in [0.29, 0.717) is 23.1 Å². The molecule has 0 spiro atoms. The second-order valence-electron chi connectivity index (χ2n) is 5.31. The summed E-state index contributed by atoms with van der Waals surface area (Å²) in [5, 5.41) is 13.2. The van der Waals surface area contributed by atoms with E-state index in [1.165, 1.54) is 6.92 Å². The van der Waals surface area contributed by atoms with Gasteiger partial charge in [-0.25, -0.2) is 0 Å². The van der Waals surface area contributed by atoms with Crippen molar-refractivity contribution in [3.63, 3.8) is 0 Å². The largest absolute Gasteiger partial charge is 0.491 e. The average Bonchev–Trinajstić information content (AvgIpc) is 2.55. The molecule has 0 fully saturated rings. The molecule has 0 aliphatic heterocycles. The lowest BCUT2D eigenvalue weighted by molar-refractivity contribution is -0.114. The third-order valence-corrected chi connectivity index (χ3v) is 3.36. The SMILES string of the molecule is CC(=O)Nc1ccc(OC[C@H](O)COCc2ccc(Cl)cc2)cc1. The van der Waals surface area contributed by atoms with Crippen molar-refractivity contribution >= 4 is 23.2 Å². The number of benzene rings is 2. The first-order valence-corrected chi connectivity index (χ1v) is 7.91. The van der Waals surface area contributed by atoms with E-state index in [4.69, 9.17) is 21.1 Å². The Morgan fingerprint density at radius 3 is 2.42 bits per heavy atom. The fourth-order valence-electron chi connectivity index (χ4n) is 1.97. The van der Waals surface area contributed by atoms with Crippen LogP contribution in [0.2, 0.25) is 5.02 Å². The molecular weight excluding hydrogens is 330 g/mol. The van der Waals surface area contributed by atoms with Crippen LogP contribution >= 0.6 is 11.6 Å². The van der Waals surface area contributed by atoms with E-state index >= 15 is 0 Å². The molecule has 0 bridgehead atoms. The first-order chi connectivity index (χ1) is 11.5. The second-order valence-corrected chi connectivity index (χ2v) is 5.75. The number of hydrogen-bond acceptors (Lipinski definition) is 4. The summed E-state index contributed by atoms with van der Waals surface area (Å²) in [6, 6.07) is 14.3. The number of carbonyl (C=O) groups is 1. The van der Waals surface area contributed by atoms with Gasteiger partial charge in [0, 0.05) is 17.6 Å². The number of rotatable bonds is 8. The smallest absolute Gasteiger partial charge is 0.221 e. The predicted molar refractivity (Wildman–Crippen MR) is 93.4 cm³/mol. The van der Waals surface area contributed by atoms with Gasteiger partial charge in [0.05, 0.1) is 13.2 Å². The van der Waals surface area contributed by atoms with Crippen molar-refractivity contribution in [1.29, 1.82) is 0 Å². The molecule has 24 heavy (non-hydrogen) atoms. The number of amides is 1. The van der Waals surface area contributed by atoms with Crippen LogP contribution < -0.4 is 10.1 Å². The summed E-state index contributed by atoms with van der Waals surface area (Å²) in [6.45, 7) is 2.15. The Labute approximate surface area is 146 Å². The van der Waals surface area contributed by atoms with Gasteiger partial charge in [-0.15, -0.1) is 0 Å². The maximum absolute atomic E-state index is 10.9. The van der Waals surface area contributed by atoms with E-state index in [2.05, 4.69) is 5.32 Å². The van der Waals surface area contributed by atoms with Crippen molar-refractivity contribution in [1.82, 2.24) is 0 Å². The van der Waals surface area contributed by atoms with Gasteiger partial charge in [0.1, 0.15) is 18.5 Å².